The molecule has 0 fully saturated rings. The second-order valence-corrected chi connectivity index (χ2v) is 4.23. The Labute approximate surface area is 79.1 Å². The van der Waals surface area contributed by atoms with Crippen molar-refractivity contribution in [1.29, 1.82) is 0 Å². The molecule has 1 rings (SSSR count). The summed E-state index contributed by atoms with van der Waals surface area (Å²) in [5.41, 5.74) is 0.881. The van der Waals surface area contributed by atoms with Gasteiger partial charge < -0.3 is 10.2 Å². The summed E-state index contributed by atoms with van der Waals surface area (Å²) >= 11 is 0. The summed E-state index contributed by atoms with van der Waals surface area (Å²) in [5, 5.41) is 2.68. The molecule has 1 heterocycles. The van der Waals surface area contributed by atoms with Crippen LogP contribution >= 0.6 is 0 Å². The van der Waals surface area contributed by atoms with E-state index in [1.54, 1.807) is 6.08 Å². The van der Waals surface area contributed by atoms with E-state index in [0.29, 0.717) is 5.82 Å². The maximum absolute atomic E-state index is 11.1. The van der Waals surface area contributed by atoms with Crippen LogP contribution in [0.4, 0.5) is 0 Å². The molecule has 0 aromatic rings. The molecule has 1 amide bonds. The predicted octanol–water partition coefficient (Wildman–Crippen LogP) is 1.59. The molecule has 0 aromatic heterocycles. The fraction of sp³-hybridized carbons (Fsp3) is 0.500. The molecule has 1 N–H and O–H groups in total. The fourth-order valence-corrected chi connectivity index (χ4v) is 1.64. The van der Waals surface area contributed by atoms with Gasteiger partial charge in [-0.25, -0.2) is 0 Å². The van der Waals surface area contributed by atoms with E-state index in [1.165, 1.54) is 0 Å². The zero-order valence-corrected chi connectivity index (χ0v) is 8.64. The van der Waals surface area contributed by atoms with Crippen LogP contribution in [0, 0.1) is 0 Å². The lowest BCUT2D eigenvalue weighted by atomic mass is 10.0. The maximum Gasteiger partial charge on any atom is 0.251 e. The molecule has 3 heteroatoms. The third-order valence-corrected chi connectivity index (χ3v) is 1.90. The number of amides is 1. The quantitative estimate of drug-likeness (QED) is 0.614. The van der Waals surface area contributed by atoms with Crippen LogP contribution in [-0.2, 0) is 4.79 Å². The SMILES string of the molecule is C=C1NC(=O)C=C(C)N1C(C)(C)C. The lowest BCUT2D eigenvalue weighted by Gasteiger charge is -2.41. The van der Waals surface area contributed by atoms with Gasteiger partial charge in [0.25, 0.3) is 5.91 Å². The van der Waals surface area contributed by atoms with Gasteiger partial charge >= 0.3 is 0 Å². The molecule has 0 spiro atoms. The predicted molar refractivity (Wildman–Crippen MR) is 52.6 cm³/mol. The molecular formula is C10H16N2O. The van der Waals surface area contributed by atoms with Crippen LogP contribution in [0.5, 0.6) is 0 Å². The van der Waals surface area contributed by atoms with Gasteiger partial charge in [0.05, 0.1) is 0 Å². The first-order chi connectivity index (χ1) is 5.82. The van der Waals surface area contributed by atoms with E-state index >= 15 is 0 Å². The van der Waals surface area contributed by atoms with Crippen molar-refractivity contribution in [2.75, 3.05) is 0 Å². The maximum atomic E-state index is 11.1. The lowest BCUT2D eigenvalue weighted by Crippen LogP contribution is -2.47. The molecule has 0 unspecified atom stereocenters. The number of rotatable bonds is 0. The summed E-state index contributed by atoms with van der Waals surface area (Å²) in [7, 11) is 0. The van der Waals surface area contributed by atoms with Gasteiger partial charge in [0, 0.05) is 17.3 Å². The molecule has 0 aliphatic carbocycles. The van der Waals surface area contributed by atoms with Crippen LogP contribution in [0.2, 0.25) is 0 Å². The molecule has 3 nitrogen and oxygen atoms in total. The van der Waals surface area contributed by atoms with E-state index in [-0.39, 0.29) is 11.4 Å². The van der Waals surface area contributed by atoms with Crippen molar-refractivity contribution in [3.63, 3.8) is 0 Å². The summed E-state index contributed by atoms with van der Waals surface area (Å²) in [5.74, 6) is 0.556. The van der Waals surface area contributed by atoms with Crippen LogP contribution in [0.15, 0.2) is 24.2 Å². The molecule has 13 heavy (non-hydrogen) atoms. The van der Waals surface area contributed by atoms with E-state index in [1.807, 2.05) is 11.8 Å². The highest BCUT2D eigenvalue weighted by Gasteiger charge is 2.27. The Morgan fingerprint density at radius 2 is 2.00 bits per heavy atom. The summed E-state index contributed by atoms with van der Waals surface area (Å²) < 4.78 is 0. The van der Waals surface area contributed by atoms with E-state index in [2.05, 4.69) is 32.7 Å². The summed E-state index contributed by atoms with van der Waals surface area (Å²) in [6.07, 6.45) is 1.58. The van der Waals surface area contributed by atoms with E-state index in [9.17, 15) is 4.79 Å². The second-order valence-electron chi connectivity index (χ2n) is 4.23. The van der Waals surface area contributed by atoms with Crippen molar-refractivity contribution in [1.82, 2.24) is 10.2 Å². The van der Waals surface area contributed by atoms with Gasteiger partial charge in [0.15, 0.2) is 0 Å². The van der Waals surface area contributed by atoms with Crippen LogP contribution in [0.25, 0.3) is 0 Å². The van der Waals surface area contributed by atoms with Crippen molar-refractivity contribution in [2.24, 2.45) is 0 Å². The molecular weight excluding hydrogens is 164 g/mol. The fourth-order valence-electron chi connectivity index (χ4n) is 1.64. The van der Waals surface area contributed by atoms with Gasteiger partial charge in [-0.3, -0.25) is 4.79 Å². The Balaban J connectivity index is 3.04. The highest BCUT2D eigenvalue weighted by molar-refractivity contribution is 5.90. The Hall–Kier alpha value is -1.25. The third kappa shape index (κ3) is 1.91. The molecule has 0 radical (unpaired) electrons. The first-order valence-electron chi connectivity index (χ1n) is 4.31. The smallest absolute Gasteiger partial charge is 0.251 e. The standard InChI is InChI=1S/C10H16N2O/c1-7-6-9(13)11-8(2)12(7)10(3,4)5/h6H,2H2,1,3-5H3,(H,11,13). The zero-order chi connectivity index (χ0) is 10.2. The monoisotopic (exact) mass is 180 g/mol. The van der Waals surface area contributed by atoms with Crippen molar-refractivity contribution < 1.29 is 4.79 Å². The molecule has 72 valence electrons. The first-order valence-corrected chi connectivity index (χ1v) is 4.31. The Bertz CT molecular complexity index is 284. The molecule has 0 saturated heterocycles. The van der Waals surface area contributed by atoms with Crippen molar-refractivity contribution in [3.8, 4) is 0 Å². The summed E-state index contributed by atoms with van der Waals surface area (Å²) in [4.78, 5) is 13.1. The molecule has 0 aromatic carbocycles. The number of hydrogen-bond donors (Lipinski definition) is 1. The van der Waals surface area contributed by atoms with Crippen molar-refractivity contribution in [3.05, 3.63) is 24.2 Å². The number of carbonyl (C=O) groups is 1. The molecule has 1 aliphatic rings. The number of hydrogen-bond acceptors (Lipinski definition) is 2. The second kappa shape index (κ2) is 2.91. The molecule has 0 atom stereocenters. The number of carbonyl (C=O) groups excluding carboxylic acids is 1. The van der Waals surface area contributed by atoms with Gasteiger partial charge in [-0.1, -0.05) is 6.58 Å². The van der Waals surface area contributed by atoms with Crippen LogP contribution in [0.1, 0.15) is 27.7 Å². The molecule has 0 saturated carbocycles. The Morgan fingerprint density at radius 1 is 1.46 bits per heavy atom. The minimum absolute atomic E-state index is 0.0502. The van der Waals surface area contributed by atoms with Crippen LogP contribution in [-0.4, -0.2) is 16.3 Å². The van der Waals surface area contributed by atoms with Gasteiger partial charge in [0.1, 0.15) is 5.82 Å². The first kappa shape index (κ1) is 9.84. The van der Waals surface area contributed by atoms with Gasteiger partial charge in [-0.05, 0) is 27.7 Å². The van der Waals surface area contributed by atoms with Gasteiger partial charge in [-0.2, -0.15) is 0 Å². The average molecular weight is 180 g/mol. The highest BCUT2D eigenvalue weighted by atomic mass is 16.1. The number of nitrogens with zero attached hydrogens (tertiary/aromatic N) is 1. The lowest BCUT2D eigenvalue weighted by molar-refractivity contribution is -0.117. The van der Waals surface area contributed by atoms with Crippen molar-refractivity contribution in [2.45, 2.75) is 33.2 Å². The van der Waals surface area contributed by atoms with Crippen LogP contribution < -0.4 is 5.32 Å². The topological polar surface area (TPSA) is 32.3 Å². The van der Waals surface area contributed by atoms with Gasteiger partial charge in [0.2, 0.25) is 0 Å². The molecule has 1 aliphatic heterocycles. The Morgan fingerprint density at radius 3 is 2.38 bits per heavy atom. The average Bonchev–Trinajstić information content (AvgIpc) is 1.78. The third-order valence-electron chi connectivity index (χ3n) is 1.90. The zero-order valence-electron chi connectivity index (χ0n) is 8.64. The normalized spacial score (nSPS) is 18.5. The largest absolute Gasteiger partial charge is 0.327 e. The summed E-state index contributed by atoms with van der Waals surface area (Å²) in [6, 6.07) is 0. The van der Waals surface area contributed by atoms with E-state index in [0.717, 1.165) is 5.70 Å². The highest BCUT2D eigenvalue weighted by Crippen LogP contribution is 2.25. The minimum Gasteiger partial charge on any atom is -0.327 e. The molecule has 0 bridgehead atoms. The Kier molecular flexibility index (Phi) is 2.20. The van der Waals surface area contributed by atoms with Crippen LogP contribution in [0.3, 0.4) is 0 Å². The van der Waals surface area contributed by atoms with Crippen molar-refractivity contribution >= 4 is 5.91 Å². The van der Waals surface area contributed by atoms with E-state index in [4.69, 9.17) is 0 Å². The van der Waals surface area contributed by atoms with E-state index < -0.39 is 0 Å². The summed E-state index contributed by atoms with van der Waals surface area (Å²) in [6.45, 7) is 12.0. The number of allylic oxidation sites excluding steroid dienone is 1. The number of nitrogens with one attached hydrogen (secondary N) is 1. The van der Waals surface area contributed by atoms with Gasteiger partial charge in [-0.15, -0.1) is 0 Å². The minimum atomic E-state index is -0.0944.